The van der Waals surface area contributed by atoms with Gasteiger partial charge in [-0.05, 0) is 12.1 Å². The van der Waals surface area contributed by atoms with E-state index in [2.05, 4.69) is 4.98 Å². The largest absolute Gasteiger partial charge is 0.759 e. The fourth-order valence-corrected chi connectivity index (χ4v) is 1.75. The quantitative estimate of drug-likeness (QED) is 0.679. The lowest BCUT2D eigenvalue weighted by atomic mass is 10.2. The number of nitrogens with zero attached hydrogens (tertiary/aromatic N) is 1. The molecule has 1 heterocycles. The summed E-state index contributed by atoms with van der Waals surface area (Å²) in [6.45, 7) is 0. The first-order valence-corrected chi connectivity index (χ1v) is 6.27. The summed E-state index contributed by atoms with van der Waals surface area (Å²) in [7, 11) is 1.20. The third kappa shape index (κ3) is 3.71. The second-order valence-corrected chi connectivity index (χ2v) is 4.39. The molecule has 128 valence electrons. The fraction of sp³-hybridized carbons (Fsp3) is 0.143. The molecule has 0 saturated heterocycles. The maximum atomic E-state index is 13.2. The number of methoxy groups -OCH3 is 1. The van der Waals surface area contributed by atoms with E-state index < -0.39 is 34.9 Å². The molecule has 6 nitrogen and oxygen atoms in total. The number of pyridine rings is 1. The number of benzene rings is 1. The van der Waals surface area contributed by atoms with E-state index in [-0.39, 0.29) is 11.5 Å². The molecule has 0 aliphatic heterocycles. The third-order valence-corrected chi connectivity index (χ3v) is 2.84. The molecule has 0 aliphatic carbocycles. The minimum atomic E-state index is -4.79. The van der Waals surface area contributed by atoms with Gasteiger partial charge in [-0.2, -0.15) is 13.2 Å². The van der Waals surface area contributed by atoms with E-state index in [9.17, 15) is 27.6 Å². The minimum Gasteiger partial charge on any atom is -0.759 e. The lowest BCUT2D eigenvalue weighted by Gasteiger charge is -2.16. The van der Waals surface area contributed by atoms with Crippen molar-refractivity contribution in [1.82, 2.24) is 10.5 Å². The Kier molecular flexibility index (Phi) is 4.88. The molecule has 1 aromatic heterocycles. The van der Waals surface area contributed by atoms with Gasteiger partial charge < -0.3 is 20.2 Å². The Hall–Kier alpha value is -2.88. The molecule has 0 saturated carbocycles. The van der Waals surface area contributed by atoms with Crippen LogP contribution in [-0.2, 0) is 6.18 Å². The maximum Gasteiger partial charge on any atom is 0.433 e. The number of hydrogen-bond donors (Lipinski definition) is 1. The van der Waals surface area contributed by atoms with E-state index in [1.807, 2.05) is 0 Å². The van der Waals surface area contributed by atoms with Crippen LogP contribution in [0.15, 0.2) is 30.5 Å². The van der Waals surface area contributed by atoms with Crippen LogP contribution in [-0.4, -0.2) is 18.0 Å². The van der Waals surface area contributed by atoms with E-state index in [1.54, 1.807) is 0 Å². The predicted molar refractivity (Wildman–Crippen MR) is 73.1 cm³/mol. The van der Waals surface area contributed by atoms with Gasteiger partial charge in [0.05, 0.1) is 12.7 Å². The molecule has 1 N–H and O–H groups in total. The van der Waals surface area contributed by atoms with Crippen molar-refractivity contribution in [3.05, 3.63) is 52.7 Å². The number of alkyl halides is 3. The first kappa shape index (κ1) is 17.5. The molecule has 0 atom stereocenters. The van der Waals surface area contributed by atoms with Gasteiger partial charge in [0.2, 0.25) is 5.91 Å². The molecular weight excluding hydrogens is 336 g/mol. The summed E-state index contributed by atoms with van der Waals surface area (Å²) in [5, 5.41) is 10.5. The van der Waals surface area contributed by atoms with E-state index in [0.29, 0.717) is 12.3 Å². The van der Waals surface area contributed by atoms with Crippen molar-refractivity contribution in [1.29, 1.82) is 0 Å². The molecule has 0 spiro atoms. The molecule has 2 aromatic rings. The van der Waals surface area contributed by atoms with Gasteiger partial charge in [-0.3, -0.25) is 9.78 Å². The molecular formula is C14H9F4N2O4-. The number of halogens is 4. The Morgan fingerprint density at radius 1 is 1.21 bits per heavy atom. The summed E-state index contributed by atoms with van der Waals surface area (Å²) in [5.74, 6) is -2.77. The van der Waals surface area contributed by atoms with Gasteiger partial charge in [0.15, 0.2) is 11.5 Å². The van der Waals surface area contributed by atoms with E-state index in [4.69, 9.17) is 9.47 Å². The topological polar surface area (TPSA) is 83.5 Å². The van der Waals surface area contributed by atoms with Crippen LogP contribution in [0, 0.1) is 11.0 Å². The maximum absolute atomic E-state index is 13.2. The summed E-state index contributed by atoms with van der Waals surface area (Å²) in [4.78, 5) is 14.6. The summed E-state index contributed by atoms with van der Waals surface area (Å²) < 4.78 is 61.5. The van der Waals surface area contributed by atoms with Crippen molar-refractivity contribution in [3.8, 4) is 17.2 Å². The van der Waals surface area contributed by atoms with Gasteiger partial charge in [-0.15, -0.1) is 0 Å². The number of amides is 1. The van der Waals surface area contributed by atoms with Crippen molar-refractivity contribution in [2.75, 3.05) is 7.11 Å². The molecule has 0 radical (unpaired) electrons. The highest BCUT2D eigenvalue weighted by Crippen LogP contribution is 2.36. The number of hydrogen-bond acceptors (Lipinski definition) is 5. The first-order chi connectivity index (χ1) is 11.3. The fourth-order valence-electron chi connectivity index (χ4n) is 1.75. The zero-order valence-electron chi connectivity index (χ0n) is 12.0. The number of nitrogens with one attached hydrogen (secondary N) is 1. The number of carbonyl (C=O) groups excluding carboxylic acids is 1. The zero-order valence-corrected chi connectivity index (χ0v) is 12.0. The number of carbonyl (C=O) groups is 1. The summed E-state index contributed by atoms with van der Waals surface area (Å²) in [6.07, 6.45) is -4.24. The molecule has 1 aromatic carbocycles. The summed E-state index contributed by atoms with van der Waals surface area (Å²) >= 11 is 0. The third-order valence-electron chi connectivity index (χ3n) is 2.84. The van der Waals surface area contributed by atoms with Crippen molar-refractivity contribution in [3.63, 3.8) is 0 Å². The van der Waals surface area contributed by atoms with Crippen molar-refractivity contribution in [2.45, 2.75) is 6.18 Å². The Balaban J connectivity index is 2.52. The molecule has 0 aliphatic rings. The molecule has 10 heteroatoms. The highest BCUT2D eigenvalue weighted by molar-refractivity contribution is 5.97. The number of rotatable bonds is 4. The lowest BCUT2D eigenvalue weighted by Crippen LogP contribution is -2.18. The Morgan fingerprint density at radius 3 is 2.50 bits per heavy atom. The molecule has 1 amide bonds. The van der Waals surface area contributed by atoms with Gasteiger partial charge >= 0.3 is 6.18 Å². The zero-order chi connectivity index (χ0) is 17.9. The second-order valence-electron chi connectivity index (χ2n) is 4.39. The van der Waals surface area contributed by atoms with Crippen LogP contribution in [0.1, 0.15) is 16.1 Å². The molecule has 0 unspecified atom stereocenters. The van der Waals surface area contributed by atoms with Gasteiger partial charge in [-0.25, -0.2) is 4.39 Å². The summed E-state index contributed by atoms with van der Waals surface area (Å²) in [5.41, 5.74) is -0.834. The Morgan fingerprint density at radius 2 is 1.92 bits per heavy atom. The van der Waals surface area contributed by atoms with Crippen molar-refractivity contribution in [2.24, 2.45) is 0 Å². The smallest absolute Gasteiger partial charge is 0.433 e. The standard InChI is InChI=1S/C14H9F4N2O4/c1-23-11-4-7(15)2-3-9(11)24-10-5-12(14(16,17)18)19-6-8(10)13(21)20-22/h2-6H,1H3,(H-,20,21,22)/q-1. The lowest BCUT2D eigenvalue weighted by molar-refractivity contribution is -0.141. The Labute approximate surface area is 132 Å². The van der Waals surface area contributed by atoms with Crippen LogP contribution in [0.2, 0.25) is 0 Å². The molecule has 24 heavy (non-hydrogen) atoms. The highest BCUT2D eigenvalue weighted by atomic mass is 19.4. The molecule has 0 fully saturated rings. The number of aromatic nitrogens is 1. The van der Waals surface area contributed by atoms with Gasteiger partial charge in [-0.1, -0.05) is 0 Å². The van der Waals surface area contributed by atoms with Gasteiger partial charge in [0.1, 0.15) is 17.3 Å². The highest BCUT2D eigenvalue weighted by Gasteiger charge is 2.34. The summed E-state index contributed by atoms with van der Waals surface area (Å²) in [6, 6.07) is 3.47. The SMILES string of the molecule is COc1cc(F)ccc1Oc1cc(C(F)(F)F)ncc1C(=O)N[O-]. The average molecular weight is 345 g/mol. The van der Waals surface area contributed by atoms with Gasteiger partial charge in [0.25, 0.3) is 0 Å². The monoisotopic (exact) mass is 345 g/mol. The van der Waals surface area contributed by atoms with Crippen LogP contribution in [0.4, 0.5) is 17.6 Å². The molecule has 2 rings (SSSR count). The predicted octanol–water partition coefficient (Wildman–Crippen LogP) is 3.27. The van der Waals surface area contributed by atoms with E-state index in [0.717, 1.165) is 23.7 Å². The van der Waals surface area contributed by atoms with Crippen molar-refractivity contribution >= 4 is 5.91 Å². The van der Waals surface area contributed by atoms with Crippen LogP contribution in [0.5, 0.6) is 17.2 Å². The van der Waals surface area contributed by atoms with Crippen LogP contribution >= 0.6 is 0 Å². The van der Waals surface area contributed by atoms with Crippen molar-refractivity contribution < 1.29 is 31.8 Å². The van der Waals surface area contributed by atoms with E-state index >= 15 is 0 Å². The normalized spacial score (nSPS) is 11.1. The van der Waals surface area contributed by atoms with Gasteiger partial charge in [0, 0.05) is 18.3 Å². The average Bonchev–Trinajstić information content (AvgIpc) is 2.54. The second kappa shape index (κ2) is 6.71. The number of hydroxylamine groups is 1. The first-order valence-electron chi connectivity index (χ1n) is 6.27. The van der Waals surface area contributed by atoms with Crippen LogP contribution in [0.3, 0.4) is 0 Å². The van der Waals surface area contributed by atoms with Crippen LogP contribution in [0.25, 0.3) is 0 Å². The van der Waals surface area contributed by atoms with Crippen LogP contribution < -0.4 is 15.0 Å². The Bertz CT molecular complexity index is 765. The minimum absolute atomic E-state index is 0.117. The number of ether oxygens (including phenoxy) is 2. The molecule has 0 bridgehead atoms. The van der Waals surface area contributed by atoms with E-state index in [1.165, 1.54) is 7.11 Å².